The molecule has 0 aliphatic rings. The maximum Gasteiger partial charge on any atom is 0.296 e. The number of hydrogen-bond acceptors (Lipinski definition) is 4. The van der Waals surface area contributed by atoms with Crippen LogP contribution in [-0.2, 0) is 0 Å². The first-order valence-electron chi connectivity index (χ1n) is 5.62. The van der Waals surface area contributed by atoms with E-state index in [1.165, 1.54) is 30.3 Å². The largest absolute Gasteiger partial charge is 0.508 e. The lowest BCUT2D eigenvalue weighted by molar-refractivity contribution is -0.384. The summed E-state index contributed by atoms with van der Waals surface area (Å²) < 4.78 is 0.539. The molecule has 0 fully saturated rings. The van der Waals surface area contributed by atoms with Crippen molar-refractivity contribution >= 4 is 44.8 Å². The van der Waals surface area contributed by atoms with Crippen LogP contribution in [0.4, 0.5) is 11.4 Å². The van der Waals surface area contributed by atoms with Gasteiger partial charge in [-0.05, 0) is 46.3 Å². The molecular formula is C13H8BrClN2O4. The predicted octanol–water partition coefficient (Wildman–Crippen LogP) is 3.97. The zero-order chi connectivity index (χ0) is 15.6. The zero-order valence-electron chi connectivity index (χ0n) is 10.3. The quantitative estimate of drug-likeness (QED) is 0.485. The van der Waals surface area contributed by atoms with Gasteiger partial charge >= 0.3 is 0 Å². The number of carbonyl (C=O) groups excluding carboxylic acids is 1. The highest BCUT2D eigenvalue weighted by Gasteiger charge is 2.17. The molecule has 0 unspecified atom stereocenters. The molecule has 0 saturated heterocycles. The average Bonchev–Trinajstić information content (AvgIpc) is 2.43. The maximum absolute atomic E-state index is 12.1. The molecule has 0 radical (unpaired) electrons. The molecule has 0 spiro atoms. The van der Waals surface area contributed by atoms with E-state index >= 15 is 0 Å². The SMILES string of the molecule is O=C(Nc1ccc(O)cc1[N+](=O)[O-])c1ccc(Cl)c(Br)c1. The van der Waals surface area contributed by atoms with Crippen molar-refractivity contribution in [3.63, 3.8) is 0 Å². The van der Waals surface area contributed by atoms with Crippen LogP contribution in [0.3, 0.4) is 0 Å². The lowest BCUT2D eigenvalue weighted by Crippen LogP contribution is -2.13. The molecule has 2 rings (SSSR count). The van der Waals surface area contributed by atoms with Gasteiger partial charge in [-0.25, -0.2) is 0 Å². The molecule has 108 valence electrons. The van der Waals surface area contributed by atoms with E-state index in [9.17, 15) is 20.0 Å². The van der Waals surface area contributed by atoms with Gasteiger partial charge in [0, 0.05) is 10.0 Å². The van der Waals surface area contributed by atoms with E-state index in [4.69, 9.17) is 11.6 Å². The van der Waals surface area contributed by atoms with Crippen LogP contribution < -0.4 is 5.32 Å². The number of benzene rings is 2. The Morgan fingerprint density at radius 3 is 2.62 bits per heavy atom. The first-order valence-corrected chi connectivity index (χ1v) is 6.79. The minimum absolute atomic E-state index is 0.00567. The van der Waals surface area contributed by atoms with Gasteiger partial charge in [-0.2, -0.15) is 0 Å². The third-order valence-electron chi connectivity index (χ3n) is 2.61. The highest BCUT2D eigenvalue weighted by Crippen LogP contribution is 2.29. The van der Waals surface area contributed by atoms with Gasteiger partial charge in [0.2, 0.25) is 0 Å². The van der Waals surface area contributed by atoms with Crippen molar-refractivity contribution in [1.82, 2.24) is 0 Å². The van der Waals surface area contributed by atoms with E-state index in [1.807, 2.05) is 0 Å². The summed E-state index contributed by atoms with van der Waals surface area (Å²) in [7, 11) is 0. The Hall–Kier alpha value is -2.12. The monoisotopic (exact) mass is 370 g/mol. The number of nitrogens with zero attached hydrogens (tertiary/aromatic N) is 1. The molecule has 0 aliphatic heterocycles. The number of halogens is 2. The third kappa shape index (κ3) is 3.50. The fourth-order valence-electron chi connectivity index (χ4n) is 1.61. The number of rotatable bonds is 3. The summed E-state index contributed by atoms with van der Waals surface area (Å²) in [6.07, 6.45) is 0. The number of anilines is 1. The molecule has 2 aromatic rings. The Morgan fingerprint density at radius 2 is 2.00 bits per heavy atom. The summed E-state index contributed by atoms with van der Waals surface area (Å²) in [5.74, 6) is -0.782. The van der Waals surface area contributed by atoms with Gasteiger partial charge in [0.1, 0.15) is 11.4 Å². The van der Waals surface area contributed by atoms with Crippen LogP contribution in [0.25, 0.3) is 0 Å². The zero-order valence-corrected chi connectivity index (χ0v) is 12.7. The molecule has 0 aliphatic carbocycles. The summed E-state index contributed by atoms with van der Waals surface area (Å²) in [6, 6.07) is 8.01. The van der Waals surface area contributed by atoms with Crippen molar-refractivity contribution in [1.29, 1.82) is 0 Å². The molecule has 1 amide bonds. The summed E-state index contributed by atoms with van der Waals surface area (Å²) in [4.78, 5) is 22.3. The minimum atomic E-state index is -0.687. The van der Waals surface area contributed by atoms with Gasteiger partial charge in [-0.1, -0.05) is 11.6 Å². The van der Waals surface area contributed by atoms with Crippen LogP contribution in [0, 0.1) is 10.1 Å². The van der Waals surface area contributed by atoms with Crippen LogP contribution in [0.2, 0.25) is 5.02 Å². The number of nitro benzene ring substituents is 1. The minimum Gasteiger partial charge on any atom is -0.508 e. The second-order valence-corrected chi connectivity index (χ2v) is 5.30. The summed E-state index contributed by atoms with van der Waals surface area (Å²) in [5, 5.41) is 23.0. The number of nitro groups is 1. The van der Waals surface area contributed by atoms with Crippen LogP contribution >= 0.6 is 27.5 Å². The van der Waals surface area contributed by atoms with Gasteiger partial charge in [-0.15, -0.1) is 0 Å². The highest BCUT2D eigenvalue weighted by atomic mass is 79.9. The van der Waals surface area contributed by atoms with Gasteiger partial charge in [0.15, 0.2) is 0 Å². The van der Waals surface area contributed by atoms with Crippen molar-refractivity contribution < 1.29 is 14.8 Å². The summed E-state index contributed by atoms with van der Waals surface area (Å²) >= 11 is 9.03. The number of aromatic hydroxyl groups is 1. The molecule has 0 bridgehead atoms. The van der Waals surface area contributed by atoms with Crippen LogP contribution in [0.5, 0.6) is 5.75 Å². The van der Waals surface area contributed by atoms with Crippen molar-refractivity contribution in [3.8, 4) is 5.75 Å². The van der Waals surface area contributed by atoms with E-state index in [-0.39, 0.29) is 17.0 Å². The van der Waals surface area contributed by atoms with Crippen molar-refractivity contribution in [2.24, 2.45) is 0 Å². The lowest BCUT2D eigenvalue weighted by Gasteiger charge is -2.07. The number of carbonyl (C=O) groups is 1. The summed E-state index contributed by atoms with van der Waals surface area (Å²) in [6.45, 7) is 0. The Bertz CT molecular complexity index is 736. The first kappa shape index (κ1) is 15.3. The second kappa shape index (κ2) is 6.11. The molecule has 0 aromatic heterocycles. The number of phenols is 1. The number of amides is 1. The topological polar surface area (TPSA) is 92.5 Å². The Balaban J connectivity index is 2.31. The number of phenolic OH excluding ortho intramolecular Hbond substituents is 1. The van der Waals surface area contributed by atoms with E-state index < -0.39 is 16.5 Å². The van der Waals surface area contributed by atoms with Crippen molar-refractivity contribution in [2.45, 2.75) is 0 Å². The lowest BCUT2D eigenvalue weighted by atomic mass is 10.2. The second-order valence-electron chi connectivity index (χ2n) is 4.04. The van der Waals surface area contributed by atoms with Gasteiger partial charge in [0.05, 0.1) is 16.0 Å². The average molecular weight is 372 g/mol. The van der Waals surface area contributed by atoms with Gasteiger partial charge in [0.25, 0.3) is 11.6 Å². The van der Waals surface area contributed by atoms with E-state index in [0.717, 1.165) is 6.07 Å². The van der Waals surface area contributed by atoms with Crippen molar-refractivity contribution in [2.75, 3.05) is 5.32 Å². The predicted molar refractivity (Wildman–Crippen MR) is 81.9 cm³/mol. The van der Waals surface area contributed by atoms with E-state index in [2.05, 4.69) is 21.2 Å². The standard InChI is InChI=1S/C13H8BrClN2O4/c14-9-5-7(1-3-10(9)15)13(19)16-11-4-2-8(18)6-12(11)17(20)21/h1-6,18H,(H,16,19). The smallest absolute Gasteiger partial charge is 0.296 e. The van der Waals surface area contributed by atoms with Gasteiger partial charge in [-0.3, -0.25) is 14.9 Å². The molecule has 2 N–H and O–H groups in total. The molecule has 2 aromatic carbocycles. The van der Waals surface area contributed by atoms with Crippen LogP contribution in [0.15, 0.2) is 40.9 Å². The van der Waals surface area contributed by atoms with E-state index in [0.29, 0.717) is 9.50 Å². The molecule has 6 nitrogen and oxygen atoms in total. The summed E-state index contributed by atoms with van der Waals surface area (Å²) in [5.41, 5.74) is -0.112. The molecular weight excluding hydrogens is 364 g/mol. The normalized spacial score (nSPS) is 10.2. The maximum atomic E-state index is 12.1. The highest BCUT2D eigenvalue weighted by molar-refractivity contribution is 9.10. The molecule has 0 saturated carbocycles. The Kier molecular flexibility index (Phi) is 4.44. The van der Waals surface area contributed by atoms with Crippen LogP contribution in [0.1, 0.15) is 10.4 Å². The Morgan fingerprint density at radius 1 is 1.29 bits per heavy atom. The van der Waals surface area contributed by atoms with Crippen molar-refractivity contribution in [3.05, 3.63) is 61.6 Å². The fraction of sp³-hybridized carbons (Fsp3) is 0. The first-order chi connectivity index (χ1) is 9.88. The third-order valence-corrected chi connectivity index (χ3v) is 3.82. The number of nitrogens with one attached hydrogen (secondary N) is 1. The molecule has 0 atom stereocenters. The Labute approximate surface area is 132 Å². The number of hydrogen-bond donors (Lipinski definition) is 2. The molecule has 8 heteroatoms. The fourth-order valence-corrected chi connectivity index (χ4v) is 2.10. The van der Waals surface area contributed by atoms with Gasteiger partial charge < -0.3 is 10.4 Å². The molecule has 21 heavy (non-hydrogen) atoms. The van der Waals surface area contributed by atoms with E-state index in [1.54, 1.807) is 0 Å². The molecule has 0 heterocycles. The van der Waals surface area contributed by atoms with Crippen LogP contribution in [-0.4, -0.2) is 15.9 Å².